The van der Waals surface area contributed by atoms with Crippen molar-refractivity contribution in [2.24, 2.45) is 0 Å². The Hall–Kier alpha value is -3.13. The lowest BCUT2D eigenvalue weighted by atomic mass is 9.97. The number of rotatable bonds is 19. The Bertz CT molecular complexity index is 991. The summed E-state index contributed by atoms with van der Waals surface area (Å²) in [7, 11) is 0. The minimum atomic E-state index is -1.06. The molecular formula is C32H43NO4. The van der Waals surface area contributed by atoms with Gasteiger partial charge in [-0.2, -0.15) is 5.26 Å². The topological polar surface area (TPSA) is 87.4 Å². The summed E-state index contributed by atoms with van der Waals surface area (Å²) in [6.07, 6.45) is 19.7. The first-order chi connectivity index (χ1) is 18.0. The summed E-state index contributed by atoms with van der Waals surface area (Å²) in [5.41, 5.74) is 1.62. The van der Waals surface area contributed by atoms with Gasteiger partial charge in [0.25, 0.3) is 0 Å². The fourth-order valence-corrected chi connectivity index (χ4v) is 4.56. The molecule has 0 fully saturated rings. The molecule has 5 heteroatoms. The van der Waals surface area contributed by atoms with Crippen LogP contribution in [0, 0.1) is 11.3 Å². The second-order valence-corrected chi connectivity index (χ2v) is 9.88. The number of nitriles is 1. The Labute approximate surface area is 222 Å². The Balaban J connectivity index is 1.57. The largest absolute Gasteiger partial charge is 0.478 e. The summed E-state index contributed by atoms with van der Waals surface area (Å²) in [6, 6.07) is 13.2. The number of carboxylic acid groups (broad SMARTS) is 1. The Morgan fingerprint density at radius 2 is 1.27 bits per heavy atom. The third kappa shape index (κ3) is 12.1. The van der Waals surface area contributed by atoms with E-state index in [0.29, 0.717) is 28.9 Å². The van der Waals surface area contributed by atoms with Crippen LogP contribution in [0.5, 0.6) is 5.75 Å². The van der Waals surface area contributed by atoms with Crippen LogP contribution in [-0.2, 0) is 4.79 Å². The number of esters is 1. The SMILES string of the molecule is CCCCCCCCCCCCCCCCCC(=O)Oc1ccc(-c2cc(C#N)ccc2C(=O)O)cc1. The van der Waals surface area contributed by atoms with E-state index < -0.39 is 5.97 Å². The maximum atomic E-state index is 12.2. The van der Waals surface area contributed by atoms with Gasteiger partial charge < -0.3 is 9.84 Å². The summed E-state index contributed by atoms with van der Waals surface area (Å²) in [6.45, 7) is 2.26. The highest BCUT2D eigenvalue weighted by atomic mass is 16.5. The fraction of sp³-hybridized carbons (Fsp3) is 0.531. The number of carboxylic acids is 1. The van der Waals surface area contributed by atoms with E-state index in [4.69, 9.17) is 10.00 Å². The zero-order valence-corrected chi connectivity index (χ0v) is 22.5. The first-order valence-corrected chi connectivity index (χ1v) is 14.1. The molecule has 0 aromatic heterocycles. The molecule has 2 aromatic rings. The lowest BCUT2D eigenvalue weighted by Gasteiger charge is -2.09. The summed E-state index contributed by atoms with van der Waals surface area (Å²) < 4.78 is 5.44. The third-order valence-corrected chi connectivity index (χ3v) is 6.76. The average Bonchev–Trinajstić information content (AvgIpc) is 2.91. The normalized spacial score (nSPS) is 10.7. The van der Waals surface area contributed by atoms with E-state index >= 15 is 0 Å². The van der Waals surface area contributed by atoms with E-state index in [2.05, 4.69) is 6.92 Å². The minimum absolute atomic E-state index is 0.122. The van der Waals surface area contributed by atoms with Gasteiger partial charge in [0.1, 0.15) is 5.75 Å². The van der Waals surface area contributed by atoms with Crippen LogP contribution in [0.15, 0.2) is 42.5 Å². The van der Waals surface area contributed by atoms with Crippen molar-refractivity contribution >= 4 is 11.9 Å². The molecule has 0 bridgehead atoms. The molecule has 0 saturated heterocycles. The average molecular weight is 506 g/mol. The molecule has 0 amide bonds. The molecule has 0 aliphatic carbocycles. The zero-order valence-electron chi connectivity index (χ0n) is 22.5. The Morgan fingerprint density at radius 3 is 1.76 bits per heavy atom. The van der Waals surface area contributed by atoms with Crippen molar-refractivity contribution < 1.29 is 19.4 Å². The van der Waals surface area contributed by atoms with E-state index in [0.717, 1.165) is 19.3 Å². The number of carbonyl (C=O) groups excluding carboxylic acids is 1. The molecule has 0 atom stereocenters. The molecule has 5 nitrogen and oxygen atoms in total. The lowest BCUT2D eigenvalue weighted by Crippen LogP contribution is -2.07. The molecule has 0 spiro atoms. The molecule has 0 unspecified atom stereocenters. The van der Waals surface area contributed by atoms with Gasteiger partial charge in [0.2, 0.25) is 0 Å². The molecule has 0 heterocycles. The van der Waals surface area contributed by atoms with Crippen LogP contribution in [0.3, 0.4) is 0 Å². The Morgan fingerprint density at radius 1 is 0.757 bits per heavy atom. The quantitative estimate of drug-likeness (QED) is 0.117. The van der Waals surface area contributed by atoms with Crippen molar-refractivity contribution in [3.8, 4) is 22.9 Å². The standard InChI is InChI=1S/C32H43NO4/c1-2-3-4-5-6-7-8-9-10-11-12-13-14-15-16-17-31(34)37-28-21-19-27(20-22-28)30-24-26(25-33)18-23-29(30)32(35)36/h18-24H,2-17H2,1H3,(H,35,36). The summed E-state index contributed by atoms with van der Waals surface area (Å²) in [5, 5.41) is 18.6. The summed E-state index contributed by atoms with van der Waals surface area (Å²) in [5.74, 6) is -0.873. The first-order valence-electron chi connectivity index (χ1n) is 14.1. The van der Waals surface area contributed by atoms with Gasteiger partial charge >= 0.3 is 11.9 Å². The maximum absolute atomic E-state index is 12.2. The van der Waals surface area contributed by atoms with Gasteiger partial charge in [-0.05, 0) is 47.9 Å². The number of hydrogen-bond donors (Lipinski definition) is 1. The summed E-state index contributed by atoms with van der Waals surface area (Å²) >= 11 is 0. The molecular weight excluding hydrogens is 462 g/mol. The smallest absolute Gasteiger partial charge is 0.336 e. The van der Waals surface area contributed by atoms with Gasteiger partial charge in [-0.15, -0.1) is 0 Å². The zero-order chi connectivity index (χ0) is 26.7. The predicted octanol–water partition coefficient (Wildman–Crippen LogP) is 9.09. The molecule has 0 aliphatic rings. The van der Waals surface area contributed by atoms with Gasteiger partial charge in [0.05, 0.1) is 17.2 Å². The molecule has 0 radical (unpaired) electrons. The third-order valence-electron chi connectivity index (χ3n) is 6.76. The number of unbranched alkanes of at least 4 members (excludes halogenated alkanes) is 14. The van der Waals surface area contributed by atoms with Gasteiger partial charge in [0, 0.05) is 6.42 Å². The van der Waals surface area contributed by atoms with E-state index in [1.807, 2.05) is 6.07 Å². The van der Waals surface area contributed by atoms with Crippen molar-refractivity contribution in [1.29, 1.82) is 5.26 Å². The molecule has 2 rings (SSSR count). The van der Waals surface area contributed by atoms with Gasteiger partial charge in [0.15, 0.2) is 0 Å². The van der Waals surface area contributed by atoms with Crippen LogP contribution in [0.1, 0.15) is 126 Å². The number of aromatic carboxylic acids is 1. The van der Waals surface area contributed by atoms with Crippen LogP contribution in [0.4, 0.5) is 0 Å². The lowest BCUT2D eigenvalue weighted by molar-refractivity contribution is -0.134. The number of carbonyl (C=O) groups is 2. The highest BCUT2D eigenvalue weighted by molar-refractivity contribution is 5.96. The highest BCUT2D eigenvalue weighted by Gasteiger charge is 2.13. The van der Waals surface area contributed by atoms with Crippen LogP contribution < -0.4 is 4.74 Å². The van der Waals surface area contributed by atoms with E-state index in [1.165, 1.54) is 89.2 Å². The molecule has 200 valence electrons. The van der Waals surface area contributed by atoms with Crippen molar-refractivity contribution in [3.05, 3.63) is 53.6 Å². The first kappa shape index (κ1) is 30.1. The van der Waals surface area contributed by atoms with Crippen LogP contribution in [0.25, 0.3) is 11.1 Å². The van der Waals surface area contributed by atoms with Crippen molar-refractivity contribution in [2.45, 2.75) is 110 Å². The second-order valence-electron chi connectivity index (χ2n) is 9.88. The van der Waals surface area contributed by atoms with E-state index in [-0.39, 0.29) is 11.5 Å². The second kappa shape index (κ2) is 18.2. The highest BCUT2D eigenvalue weighted by Crippen LogP contribution is 2.27. The van der Waals surface area contributed by atoms with Crippen molar-refractivity contribution in [3.63, 3.8) is 0 Å². The number of benzene rings is 2. The fourth-order valence-electron chi connectivity index (χ4n) is 4.56. The van der Waals surface area contributed by atoms with E-state index in [1.54, 1.807) is 30.3 Å². The van der Waals surface area contributed by atoms with Crippen LogP contribution in [-0.4, -0.2) is 17.0 Å². The van der Waals surface area contributed by atoms with Crippen molar-refractivity contribution in [1.82, 2.24) is 0 Å². The number of hydrogen-bond acceptors (Lipinski definition) is 4. The van der Waals surface area contributed by atoms with Gasteiger partial charge in [-0.1, -0.05) is 109 Å². The summed E-state index contributed by atoms with van der Waals surface area (Å²) in [4.78, 5) is 23.7. The molecule has 37 heavy (non-hydrogen) atoms. The van der Waals surface area contributed by atoms with Gasteiger partial charge in [-0.3, -0.25) is 4.79 Å². The molecule has 0 saturated carbocycles. The maximum Gasteiger partial charge on any atom is 0.336 e. The van der Waals surface area contributed by atoms with Crippen LogP contribution >= 0.6 is 0 Å². The molecule has 0 aliphatic heterocycles. The molecule has 2 aromatic carbocycles. The van der Waals surface area contributed by atoms with Crippen LogP contribution in [0.2, 0.25) is 0 Å². The molecule has 1 N–H and O–H groups in total. The minimum Gasteiger partial charge on any atom is -0.478 e. The number of nitrogens with zero attached hydrogens (tertiary/aromatic N) is 1. The monoisotopic (exact) mass is 505 g/mol. The van der Waals surface area contributed by atoms with Crippen molar-refractivity contribution in [2.75, 3.05) is 0 Å². The number of ether oxygens (including phenoxy) is 1. The predicted molar refractivity (Wildman–Crippen MR) is 149 cm³/mol. The Kier molecular flexibility index (Phi) is 14.8. The van der Waals surface area contributed by atoms with E-state index in [9.17, 15) is 14.7 Å². The van der Waals surface area contributed by atoms with Gasteiger partial charge in [-0.25, -0.2) is 4.79 Å².